The van der Waals surface area contributed by atoms with Crippen LogP contribution in [0.25, 0.3) is 0 Å². The Morgan fingerprint density at radius 3 is 2.00 bits per heavy atom. The van der Waals surface area contributed by atoms with Crippen molar-refractivity contribution >= 4 is 31.0 Å². The Balaban J connectivity index is 0. The highest BCUT2D eigenvalue weighted by Crippen LogP contribution is 2.15. The highest BCUT2D eigenvalue weighted by molar-refractivity contribution is 7.81. The Labute approximate surface area is 71.8 Å². The summed E-state index contributed by atoms with van der Waals surface area (Å²) in [5, 5.41) is 8.34. The van der Waals surface area contributed by atoms with E-state index in [1.807, 2.05) is 0 Å². The van der Waals surface area contributed by atoms with Gasteiger partial charge in [-0.25, -0.2) is 0 Å². The Hall–Kier alpha value is 0.0700. The summed E-state index contributed by atoms with van der Waals surface area (Å²) in [6.45, 7) is 3.32. The maximum absolute atomic E-state index is 10.2. The number of halogens is 1. The van der Waals surface area contributed by atoms with Gasteiger partial charge in [0.25, 0.3) is 0 Å². The normalized spacial score (nSPS) is 13.6. The fraction of sp³-hybridized carbons (Fsp3) is 0.800. The maximum atomic E-state index is 10.2. The van der Waals surface area contributed by atoms with Gasteiger partial charge in [0, 0.05) is 4.75 Å². The molecule has 10 heavy (non-hydrogen) atoms. The van der Waals surface area contributed by atoms with E-state index in [-0.39, 0.29) is 12.4 Å². The quantitative estimate of drug-likeness (QED) is 0.550. The molecule has 0 aliphatic heterocycles. The summed E-state index contributed by atoms with van der Waals surface area (Å²) in [5.74, 6) is -1.02. The van der Waals surface area contributed by atoms with Gasteiger partial charge in [-0.3, -0.25) is 4.79 Å². The zero-order valence-corrected chi connectivity index (χ0v) is 7.58. The standard InChI is InChI=1S/C5H11NO2S.ClH/c1-5(2,9)3(6)4(7)8;/h3,9H,6H2,1-2H3,(H,7,8);1H/t3-;/m1./s1. The van der Waals surface area contributed by atoms with Crippen LogP contribution >= 0.6 is 25.0 Å². The van der Waals surface area contributed by atoms with Gasteiger partial charge in [-0.15, -0.1) is 12.4 Å². The van der Waals surface area contributed by atoms with E-state index in [2.05, 4.69) is 12.6 Å². The van der Waals surface area contributed by atoms with Crippen molar-refractivity contribution in [3.63, 3.8) is 0 Å². The molecule has 0 saturated heterocycles. The van der Waals surface area contributed by atoms with E-state index in [9.17, 15) is 4.79 Å². The predicted molar refractivity (Wildman–Crippen MR) is 45.9 cm³/mol. The van der Waals surface area contributed by atoms with Gasteiger partial charge in [0.15, 0.2) is 0 Å². The van der Waals surface area contributed by atoms with Crippen LogP contribution in [0, 0.1) is 0 Å². The number of thiol groups is 1. The Morgan fingerprint density at radius 2 is 2.00 bits per heavy atom. The monoisotopic (exact) mass is 185 g/mol. The molecule has 5 heteroatoms. The molecule has 3 nitrogen and oxygen atoms in total. The third-order valence-corrected chi connectivity index (χ3v) is 1.31. The van der Waals surface area contributed by atoms with Gasteiger partial charge in [-0.05, 0) is 13.8 Å². The molecule has 0 aliphatic rings. The van der Waals surface area contributed by atoms with Gasteiger partial charge in [0.05, 0.1) is 0 Å². The summed E-state index contributed by atoms with van der Waals surface area (Å²) in [4.78, 5) is 10.2. The van der Waals surface area contributed by atoms with Gasteiger partial charge in [0.1, 0.15) is 6.04 Å². The highest BCUT2D eigenvalue weighted by atomic mass is 35.5. The van der Waals surface area contributed by atoms with E-state index in [0.717, 1.165) is 0 Å². The highest BCUT2D eigenvalue weighted by Gasteiger charge is 2.27. The Morgan fingerprint density at radius 1 is 1.70 bits per heavy atom. The molecule has 3 N–H and O–H groups in total. The maximum Gasteiger partial charge on any atom is 0.321 e. The first kappa shape index (κ1) is 12.7. The number of rotatable bonds is 2. The van der Waals surface area contributed by atoms with Gasteiger partial charge in [-0.1, -0.05) is 0 Å². The largest absolute Gasteiger partial charge is 0.480 e. The van der Waals surface area contributed by atoms with Crippen molar-refractivity contribution in [1.82, 2.24) is 0 Å². The van der Waals surface area contributed by atoms with Gasteiger partial charge in [-0.2, -0.15) is 12.6 Å². The van der Waals surface area contributed by atoms with Crippen LogP contribution in [0.4, 0.5) is 0 Å². The molecular formula is C5H12ClNO2S. The second kappa shape index (κ2) is 4.05. The Kier molecular flexibility index (Phi) is 5.16. The van der Waals surface area contributed by atoms with Crippen LogP contribution in [0.2, 0.25) is 0 Å². The molecule has 0 heterocycles. The number of nitrogens with two attached hydrogens (primary N) is 1. The minimum atomic E-state index is -1.02. The lowest BCUT2D eigenvalue weighted by Gasteiger charge is -2.21. The topological polar surface area (TPSA) is 63.3 Å². The smallest absolute Gasteiger partial charge is 0.321 e. The molecular weight excluding hydrogens is 174 g/mol. The first-order valence-corrected chi connectivity index (χ1v) is 3.01. The minimum Gasteiger partial charge on any atom is -0.480 e. The molecule has 0 aliphatic carbocycles. The molecule has 1 atom stereocenters. The third-order valence-electron chi connectivity index (χ3n) is 1.03. The lowest BCUT2D eigenvalue weighted by Crippen LogP contribution is -2.45. The summed E-state index contributed by atoms with van der Waals surface area (Å²) in [5.41, 5.74) is 5.22. The first-order valence-electron chi connectivity index (χ1n) is 2.56. The lowest BCUT2D eigenvalue weighted by molar-refractivity contribution is -0.139. The second-order valence-corrected chi connectivity index (χ2v) is 3.62. The van der Waals surface area contributed by atoms with E-state index >= 15 is 0 Å². The van der Waals surface area contributed by atoms with E-state index in [4.69, 9.17) is 10.8 Å². The van der Waals surface area contributed by atoms with Crippen LogP contribution in [-0.2, 0) is 4.79 Å². The van der Waals surface area contributed by atoms with Crippen LogP contribution in [0.15, 0.2) is 0 Å². The van der Waals surface area contributed by atoms with Crippen molar-refractivity contribution in [2.24, 2.45) is 5.73 Å². The number of carbonyl (C=O) groups is 1. The Bertz CT molecular complexity index is 123. The molecule has 0 spiro atoms. The predicted octanol–water partition coefficient (Wildman–Crippen LogP) is 0.528. The van der Waals surface area contributed by atoms with Crippen molar-refractivity contribution in [2.45, 2.75) is 24.6 Å². The van der Waals surface area contributed by atoms with Crippen molar-refractivity contribution in [1.29, 1.82) is 0 Å². The van der Waals surface area contributed by atoms with Crippen LogP contribution in [0.3, 0.4) is 0 Å². The van der Waals surface area contributed by atoms with E-state index in [1.54, 1.807) is 13.8 Å². The van der Waals surface area contributed by atoms with Crippen LogP contribution < -0.4 is 5.73 Å². The first-order chi connectivity index (χ1) is 3.85. The average Bonchev–Trinajstić information content (AvgIpc) is 1.62. The molecule has 0 rings (SSSR count). The van der Waals surface area contributed by atoms with E-state index < -0.39 is 16.8 Å². The molecule has 0 aromatic heterocycles. The molecule has 0 saturated carbocycles. The van der Waals surface area contributed by atoms with E-state index in [0.29, 0.717) is 0 Å². The molecule has 0 unspecified atom stereocenters. The van der Waals surface area contributed by atoms with Gasteiger partial charge < -0.3 is 10.8 Å². The van der Waals surface area contributed by atoms with Crippen LogP contribution in [-0.4, -0.2) is 21.9 Å². The summed E-state index contributed by atoms with van der Waals surface area (Å²) < 4.78 is -0.647. The fourth-order valence-corrected chi connectivity index (χ4v) is 0.413. The summed E-state index contributed by atoms with van der Waals surface area (Å²) in [7, 11) is 0. The molecule has 0 aromatic rings. The van der Waals surface area contributed by atoms with Crippen molar-refractivity contribution in [3.8, 4) is 0 Å². The number of hydrogen-bond acceptors (Lipinski definition) is 3. The molecule has 0 bridgehead atoms. The van der Waals surface area contributed by atoms with Crippen LogP contribution in [0.1, 0.15) is 13.8 Å². The lowest BCUT2D eigenvalue weighted by atomic mass is 10.1. The van der Waals surface area contributed by atoms with E-state index in [1.165, 1.54) is 0 Å². The number of carboxylic acids is 1. The average molecular weight is 186 g/mol. The minimum absolute atomic E-state index is 0. The molecule has 0 aromatic carbocycles. The SMILES string of the molecule is CC(C)(S)[C@H](N)C(=O)O.Cl. The van der Waals surface area contributed by atoms with Gasteiger partial charge in [0.2, 0.25) is 0 Å². The number of hydrogen-bond donors (Lipinski definition) is 3. The molecule has 0 amide bonds. The number of carboxylic acid groups (broad SMARTS) is 1. The van der Waals surface area contributed by atoms with Crippen molar-refractivity contribution < 1.29 is 9.90 Å². The molecule has 0 fully saturated rings. The summed E-state index contributed by atoms with van der Waals surface area (Å²) in [6.07, 6.45) is 0. The summed E-state index contributed by atoms with van der Waals surface area (Å²) in [6, 6.07) is -0.902. The second-order valence-electron chi connectivity index (χ2n) is 2.47. The number of aliphatic carboxylic acids is 1. The fourth-order valence-electron chi connectivity index (χ4n) is 0.302. The van der Waals surface area contributed by atoms with Crippen LogP contribution in [0.5, 0.6) is 0 Å². The van der Waals surface area contributed by atoms with Crippen molar-refractivity contribution in [2.75, 3.05) is 0 Å². The zero-order chi connectivity index (χ0) is 7.65. The zero-order valence-electron chi connectivity index (χ0n) is 5.87. The third kappa shape index (κ3) is 3.98. The molecule has 62 valence electrons. The van der Waals surface area contributed by atoms with Gasteiger partial charge >= 0.3 is 5.97 Å². The summed E-state index contributed by atoms with van der Waals surface area (Å²) >= 11 is 3.98. The van der Waals surface area contributed by atoms with Crippen molar-refractivity contribution in [3.05, 3.63) is 0 Å². The molecule has 0 radical (unpaired) electrons.